The number of piperidine rings is 1. The summed E-state index contributed by atoms with van der Waals surface area (Å²) >= 11 is 0. The maximum absolute atomic E-state index is 10.9. The van der Waals surface area contributed by atoms with E-state index in [2.05, 4.69) is 6.07 Å². The molecule has 1 aliphatic heterocycles. The minimum atomic E-state index is -0.752. The summed E-state index contributed by atoms with van der Waals surface area (Å²) in [6.07, 6.45) is 1.15. The molecule has 1 aliphatic rings. The van der Waals surface area contributed by atoms with Crippen LogP contribution in [0.3, 0.4) is 0 Å². The number of carboxylic acids is 1. The third-order valence-corrected chi connectivity index (χ3v) is 3.58. The molecule has 0 aliphatic carbocycles. The highest BCUT2D eigenvalue weighted by Gasteiger charge is 2.29. The summed E-state index contributed by atoms with van der Waals surface area (Å²) in [6, 6.07) is 8.44. The van der Waals surface area contributed by atoms with E-state index in [-0.39, 0.29) is 17.7 Å². The Labute approximate surface area is 111 Å². The molecule has 0 saturated carbocycles. The molecule has 1 heterocycles. The van der Waals surface area contributed by atoms with Crippen molar-refractivity contribution in [2.75, 3.05) is 13.1 Å². The molecule has 1 aromatic rings. The van der Waals surface area contributed by atoms with Gasteiger partial charge in [-0.15, -0.1) is 0 Å². The molecule has 0 aromatic heterocycles. The topological polar surface area (TPSA) is 84.6 Å². The van der Waals surface area contributed by atoms with E-state index < -0.39 is 5.97 Å². The molecule has 2 N–H and O–H groups in total. The van der Waals surface area contributed by atoms with Crippen LogP contribution in [0.1, 0.15) is 24.4 Å². The second-order valence-electron chi connectivity index (χ2n) is 4.77. The second-order valence-corrected chi connectivity index (χ2v) is 4.77. The Morgan fingerprint density at radius 2 is 1.89 bits per heavy atom. The number of likely N-dealkylation sites (tertiary alicyclic amines) is 1. The number of aromatic hydroxyl groups is 1. The van der Waals surface area contributed by atoms with Crippen molar-refractivity contribution in [1.29, 1.82) is 5.26 Å². The van der Waals surface area contributed by atoms with E-state index in [0.29, 0.717) is 25.9 Å². The highest BCUT2D eigenvalue weighted by atomic mass is 16.4. The normalized spacial score (nSPS) is 18.7. The van der Waals surface area contributed by atoms with Crippen molar-refractivity contribution in [3.05, 3.63) is 29.8 Å². The van der Waals surface area contributed by atoms with Crippen LogP contribution >= 0.6 is 0 Å². The predicted octanol–water partition coefficient (Wildman–Crippen LogP) is 1.75. The number of carbonyl (C=O) groups is 1. The van der Waals surface area contributed by atoms with Gasteiger partial charge >= 0.3 is 5.97 Å². The van der Waals surface area contributed by atoms with Gasteiger partial charge in [0, 0.05) is 13.1 Å². The van der Waals surface area contributed by atoms with Crippen LogP contribution in [0.4, 0.5) is 0 Å². The molecule has 0 spiro atoms. The van der Waals surface area contributed by atoms with Crippen molar-refractivity contribution < 1.29 is 15.0 Å². The Kier molecular flexibility index (Phi) is 4.03. The number of nitriles is 1. The third-order valence-electron chi connectivity index (χ3n) is 3.58. The summed E-state index contributed by atoms with van der Waals surface area (Å²) in [6.45, 7) is 1.21. The molecule has 5 nitrogen and oxygen atoms in total. The molecule has 0 bridgehead atoms. The van der Waals surface area contributed by atoms with E-state index in [0.717, 1.165) is 5.56 Å². The number of hydrogen-bond donors (Lipinski definition) is 2. The van der Waals surface area contributed by atoms with Crippen LogP contribution in [0.2, 0.25) is 0 Å². The first-order chi connectivity index (χ1) is 9.11. The summed E-state index contributed by atoms with van der Waals surface area (Å²) in [7, 11) is 0. The fourth-order valence-corrected chi connectivity index (χ4v) is 2.43. The Morgan fingerprint density at radius 1 is 1.32 bits per heavy atom. The summed E-state index contributed by atoms with van der Waals surface area (Å²) in [4.78, 5) is 12.9. The smallest absolute Gasteiger partial charge is 0.306 e. The Balaban J connectivity index is 2.06. The number of benzene rings is 1. The van der Waals surface area contributed by atoms with Crippen molar-refractivity contribution in [2.45, 2.75) is 18.9 Å². The van der Waals surface area contributed by atoms with Gasteiger partial charge in [-0.05, 0) is 30.5 Å². The maximum Gasteiger partial charge on any atom is 0.306 e. The zero-order valence-electron chi connectivity index (χ0n) is 10.5. The average molecular weight is 260 g/mol. The van der Waals surface area contributed by atoms with Gasteiger partial charge in [0.15, 0.2) is 0 Å². The first kappa shape index (κ1) is 13.4. The first-order valence-electron chi connectivity index (χ1n) is 6.27. The van der Waals surface area contributed by atoms with Crippen LogP contribution < -0.4 is 0 Å². The summed E-state index contributed by atoms with van der Waals surface area (Å²) in [5, 5.41) is 27.5. The van der Waals surface area contributed by atoms with E-state index in [1.165, 1.54) is 0 Å². The largest absolute Gasteiger partial charge is 0.508 e. The van der Waals surface area contributed by atoms with Crippen LogP contribution in [0, 0.1) is 17.2 Å². The Bertz CT molecular complexity index is 484. The van der Waals surface area contributed by atoms with Crippen LogP contribution in [0.25, 0.3) is 0 Å². The van der Waals surface area contributed by atoms with E-state index in [1.54, 1.807) is 24.3 Å². The summed E-state index contributed by atoms with van der Waals surface area (Å²) in [5.41, 5.74) is 0.828. The maximum atomic E-state index is 10.9. The first-order valence-corrected chi connectivity index (χ1v) is 6.27. The van der Waals surface area contributed by atoms with Gasteiger partial charge in [0.1, 0.15) is 11.8 Å². The summed E-state index contributed by atoms with van der Waals surface area (Å²) in [5.74, 6) is -0.877. The van der Waals surface area contributed by atoms with Gasteiger partial charge in [-0.1, -0.05) is 12.1 Å². The minimum absolute atomic E-state index is 0.171. The molecule has 5 heteroatoms. The molecule has 1 saturated heterocycles. The molecular weight excluding hydrogens is 244 g/mol. The zero-order chi connectivity index (χ0) is 13.8. The Morgan fingerprint density at radius 3 is 2.37 bits per heavy atom. The van der Waals surface area contributed by atoms with E-state index in [9.17, 15) is 15.2 Å². The SMILES string of the molecule is N#CC(c1ccc(O)cc1)N1CCC(C(=O)O)CC1. The van der Waals surface area contributed by atoms with Crippen LogP contribution in [-0.4, -0.2) is 34.2 Å². The van der Waals surface area contributed by atoms with Gasteiger partial charge in [0.2, 0.25) is 0 Å². The number of hydrogen-bond acceptors (Lipinski definition) is 4. The van der Waals surface area contributed by atoms with Gasteiger partial charge < -0.3 is 10.2 Å². The summed E-state index contributed by atoms with van der Waals surface area (Å²) < 4.78 is 0. The number of phenols is 1. The van der Waals surface area contributed by atoms with E-state index in [4.69, 9.17) is 5.11 Å². The highest BCUT2D eigenvalue weighted by molar-refractivity contribution is 5.70. The van der Waals surface area contributed by atoms with Gasteiger partial charge in [-0.3, -0.25) is 9.69 Å². The van der Waals surface area contributed by atoms with Crippen molar-refractivity contribution >= 4 is 5.97 Å². The van der Waals surface area contributed by atoms with Crippen molar-refractivity contribution in [2.24, 2.45) is 5.92 Å². The second kappa shape index (κ2) is 5.72. The van der Waals surface area contributed by atoms with Gasteiger partial charge in [0.05, 0.1) is 12.0 Å². The fraction of sp³-hybridized carbons (Fsp3) is 0.429. The van der Waals surface area contributed by atoms with Crippen molar-refractivity contribution in [1.82, 2.24) is 4.90 Å². The van der Waals surface area contributed by atoms with Crippen molar-refractivity contribution in [3.63, 3.8) is 0 Å². The molecule has 0 radical (unpaired) electrons. The lowest BCUT2D eigenvalue weighted by Gasteiger charge is -2.33. The molecular formula is C14H16N2O3. The molecule has 100 valence electrons. The lowest BCUT2D eigenvalue weighted by Crippen LogP contribution is -2.38. The number of rotatable bonds is 3. The quantitative estimate of drug-likeness (QED) is 0.865. The third kappa shape index (κ3) is 3.04. The standard InChI is InChI=1S/C14H16N2O3/c15-9-13(10-1-3-12(17)4-2-10)16-7-5-11(6-8-16)14(18)19/h1-4,11,13,17H,5-8H2,(H,18,19). The molecule has 2 rings (SSSR count). The van der Waals surface area contributed by atoms with Gasteiger partial charge in [0.25, 0.3) is 0 Å². The molecule has 19 heavy (non-hydrogen) atoms. The number of phenolic OH excluding ortho intramolecular Hbond substituents is 1. The molecule has 1 fully saturated rings. The zero-order valence-corrected chi connectivity index (χ0v) is 10.5. The van der Waals surface area contributed by atoms with Crippen LogP contribution in [-0.2, 0) is 4.79 Å². The fourth-order valence-electron chi connectivity index (χ4n) is 2.43. The molecule has 1 aromatic carbocycles. The lowest BCUT2D eigenvalue weighted by atomic mass is 9.94. The average Bonchev–Trinajstić information content (AvgIpc) is 2.42. The lowest BCUT2D eigenvalue weighted by molar-refractivity contribution is -0.143. The highest BCUT2D eigenvalue weighted by Crippen LogP contribution is 2.27. The molecule has 1 unspecified atom stereocenters. The monoisotopic (exact) mass is 260 g/mol. The van der Waals surface area contributed by atoms with Gasteiger partial charge in [-0.25, -0.2) is 0 Å². The van der Waals surface area contributed by atoms with E-state index >= 15 is 0 Å². The number of nitrogens with zero attached hydrogens (tertiary/aromatic N) is 2. The van der Waals surface area contributed by atoms with Gasteiger partial charge in [-0.2, -0.15) is 5.26 Å². The minimum Gasteiger partial charge on any atom is -0.508 e. The predicted molar refractivity (Wildman–Crippen MR) is 68.4 cm³/mol. The number of aliphatic carboxylic acids is 1. The van der Waals surface area contributed by atoms with Crippen molar-refractivity contribution in [3.8, 4) is 11.8 Å². The molecule has 1 atom stereocenters. The number of carboxylic acid groups (broad SMARTS) is 1. The van der Waals surface area contributed by atoms with Crippen LogP contribution in [0.15, 0.2) is 24.3 Å². The Hall–Kier alpha value is -2.06. The molecule has 0 amide bonds. The van der Waals surface area contributed by atoms with Crippen LogP contribution in [0.5, 0.6) is 5.75 Å². The van der Waals surface area contributed by atoms with E-state index in [1.807, 2.05) is 4.90 Å².